The molecule has 0 aliphatic carbocycles. The maximum absolute atomic E-state index is 15.5. The molecule has 0 fully saturated rings. The summed E-state index contributed by atoms with van der Waals surface area (Å²) >= 11 is 6.21. The summed E-state index contributed by atoms with van der Waals surface area (Å²) in [6, 6.07) is 6.25. The van der Waals surface area contributed by atoms with E-state index in [1.165, 1.54) is 12.4 Å². The molecule has 0 unspecified atom stereocenters. The number of imidazole rings is 1. The van der Waals surface area contributed by atoms with Crippen molar-refractivity contribution < 1.29 is 19.1 Å². The summed E-state index contributed by atoms with van der Waals surface area (Å²) in [5, 5.41) is 12.0. The lowest BCUT2D eigenvalue weighted by molar-refractivity contribution is 0.0169. The second kappa shape index (κ2) is 9.46. The van der Waals surface area contributed by atoms with Crippen molar-refractivity contribution in [2.45, 2.75) is 20.4 Å². The number of benzene rings is 2. The first-order valence-corrected chi connectivity index (χ1v) is 9.72. The van der Waals surface area contributed by atoms with E-state index < -0.39 is 11.7 Å². The predicted molar refractivity (Wildman–Crippen MR) is 115 cm³/mol. The van der Waals surface area contributed by atoms with Crippen LogP contribution in [0.15, 0.2) is 30.6 Å². The van der Waals surface area contributed by atoms with Gasteiger partial charge in [-0.05, 0) is 24.1 Å². The average Bonchev–Trinajstić information content (AvgIpc) is 3.08. The highest BCUT2D eigenvalue weighted by atomic mass is 35.5. The van der Waals surface area contributed by atoms with Crippen molar-refractivity contribution in [1.29, 1.82) is 0 Å². The number of carbonyl (C=O) groups excluding carboxylic acids is 1. The zero-order chi connectivity index (χ0) is 21.8. The van der Waals surface area contributed by atoms with Gasteiger partial charge in [-0.1, -0.05) is 37.0 Å². The molecule has 1 aromatic heterocycles. The fourth-order valence-electron chi connectivity index (χ4n) is 2.98. The number of rotatable bonds is 8. The molecule has 2 radical (unpaired) electrons. The number of anilines is 2. The van der Waals surface area contributed by atoms with Crippen LogP contribution >= 0.6 is 11.6 Å². The Balaban J connectivity index is 2.11. The number of nitrogens with one attached hydrogen (secondary N) is 2. The fourth-order valence-corrected chi connectivity index (χ4v) is 3.22. The highest BCUT2D eigenvalue weighted by Crippen LogP contribution is 2.33. The molecular weight excluding hydrogens is 410 g/mol. The molecule has 10 heteroatoms. The summed E-state index contributed by atoms with van der Waals surface area (Å²) in [6.45, 7) is 4.28. The minimum absolute atomic E-state index is 0.00339. The highest BCUT2D eigenvalue weighted by molar-refractivity contribution is 6.37. The molecule has 30 heavy (non-hydrogen) atoms. The number of hydrogen-bond acceptors (Lipinski definition) is 5. The molecule has 7 nitrogen and oxygen atoms in total. The minimum Gasteiger partial charge on any atom is -0.394 e. The predicted octanol–water partition coefficient (Wildman–Crippen LogP) is 2.68. The molecule has 0 aliphatic rings. The lowest BCUT2D eigenvalue weighted by Gasteiger charge is -2.16. The lowest BCUT2D eigenvalue weighted by atomic mass is 9.96. The van der Waals surface area contributed by atoms with E-state index in [2.05, 4.69) is 15.8 Å². The van der Waals surface area contributed by atoms with Crippen molar-refractivity contribution >= 4 is 53.2 Å². The number of halogens is 2. The monoisotopic (exact) mass is 430 g/mol. The van der Waals surface area contributed by atoms with Crippen molar-refractivity contribution in [3.63, 3.8) is 0 Å². The van der Waals surface area contributed by atoms with E-state index in [1.54, 1.807) is 22.8 Å². The van der Waals surface area contributed by atoms with Crippen molar-refractivity contribution in [2.75, 3.05) is 18.5 Å². The van der Waals surface area contributed by atoms with Gasteiger partial charge in [-0.25, -0.2) is 14.9 Å². The van der Waals surface area contributed by atoms with Gasteiger partial charge >= 0.3 is 0 Å². The summed E-state index contributed by atoms with van der Waals surface area (Å²) in [4.78, 5) is 21.8. The van der Waals surface area contributed by atoms with Gasteiger partial charge < -0.3 is 15.0 Å². The van der Waals surface area contributed by atoms with Crippen LogP contribution < -0.4 is 16.3 Å². The van der Waals surface area contributed by atoms with Crippen LogP contribution in [-0.2, 0) is 11.4 Å². The number of hydroxylamine groups is 1. The highest BCUT2D eigenvalue weighted by Gasteiger charge is 2.23. The van der Waals surface area contributed by atoms with Crippen LogP contribution in [0.25, 0.3) is 11.0 Å². The zero-order valence-corrected chi connectivity index (χ0v) is 17.3. The molecule has 0 saturated carbocycles. The molecule has 156 valence electrons. The average molecular weight is 431 g/mol. The Kier molecular flexibility index (Phi) is 6.97. The molecule has 3 rings (SSSR count). The topological polar surface area (TPSA) is 88.4 Å². The van der Waals surface area contributed by atoms with Crippen molar-refractivity contribution in [3.05, 3.63) is 47.0 Å². The Bertz CT molecular complexity index is 1070. The lowest BCUT2D eigenvalue weighted by Crippen LogP contribution is -2.26. The Morgan fingerprint density at radius 1 is 1.40 bits per heavy atom. The summed E-state index contributed by atoms with van der Waals surface area (Å²) in [6.07, 6.45) is 1.54. The number of aromatic nitrogens is 2. The third-order valence-electron chi connectivity index (χ3n) is 4.27. The third kappa shape index (κ3) is 4.75. The molecule has 0 saturated heterocycles. The molecule has 3 N–H and O–H groups in total. The SMILES string of the molecule is [B]c1ccc(Nc2c(C(=O)NOCCO)cc3c(ncn3CC(C)C)c2F)c(Cl)c1. The summed E-state index contributed by atoms with van der Waals surface area (Å²) < 4.78 is 17.2. The Labute approximate surface area is 179 Å². The van der Waals surface area contributed by atoms with Gasteiger partial charge in [0.2, 0.25) is 0 Å². The molecule has 0 atom stereocenters. The number of nitrogens with zero attached hydrogens (tertiary/aromatic N) is 2. The standard InChI is InChI=1S/C20H21BClFN4O3/c1-11(2)9-27-10-24-19-16(27)8-13(20(29)26-30-6-5-28)18(17(19)23)25-15-4-3-12(21)7-14(15)22/h3-4,7-8,10-11,25,28H,5-6,9H2,1-2H3,(H,26,29). The Hall–Kier alpha value is -2.62. The number of amides is 1. The number of aliphatic hydroxyl groups is 1. The van der Waals surface area contributed by atoms with Gasteiger partial charge in [0.1, 0.15) is 13.4 Å². The van der Waals surface area contributed by atoms with E-state index in [4.69, 9.17) is 29.4 Å². The molecule has 0 aliphatic heterocycles. The second-order valence-electron chi connectivity index (χ2n) is 7.14. The van der Waals surface area contributed by atoms with Gasteiger partial charge in [-0.3, -0.25) is 9.63 Å². The van der Waals surface area contributed by atoms with Crippen LogP contribution in [0, 0.1) is 11.7 Å². The molecular formula is C20H21BClFN4O3. The van der Waals surface area contributed by atoms with Gasteiger partial charge in [0.25, 0.3) is 5.91 Å². The minimum atomic E-state index is -0.699. The first kappa shape index (κ1) is 22.1. The largest absolute Gasteiger partial charge is 0.394 e. The molecule has 1 amide bonds. The Morgan fingerprint density at radius 3 is 2.83 bits per heavy atom. The van der Waals surface area contributed by atoms with Crippen LogP contribution in [0.5, 0.6) is 0 Å². The molecule has 1 heterocycles. The van der Waals surface area contributed by atoms with Crippen LogP contribution in [-0.4, -0.2) is 41.6 Å². The molecule has 0 spiro atoms. The number of fused-ring (bicyclic) bond motifs is 1. The number of carbonyl (C=O) groups is 1. The normalized spacial score (nSPS) is 11.3. The van der Waals surface area contributed by atoms with Crippen LogP contribution in [0.2, 0.25) is 5.02 Å². The maximum atomic E-state index is 15.5. The number of hydrogen-bond donors (Lipinski definition) is 3. The number of aliphatic hydroxyl groups excluding tert-OH is 1. The van der Waals surface area contributed by atoms with Crippen LogP contribution in [0.3, 0.4) is 0 Å². The summed E-state index contributed by atoms with van der Waals surface area (Å²) in [7, 11) is 5.71. The zero-order valence-electron chi connectivity index (χ0n) is 16.6. The van der Waals surface area contributed by atoms with E-state index >= 15 is 4.39 Å². The van der Waals surface area contributed by atoms with Crippen molar-refractivity contribution in [2.24, 2.45) is 5.92 Å². The van der Waals surface area contributed by atoms with E-state index in [9.17, 15) is 4.79 Å². The molecule has 3 aromatic rings. The van der Waals surface area contributed by atoms with Crippen molar-refractivity contribution in [1.82, 2.24) is 15.0 Å². The van der Waals surface area contributed by atoms with E-state index in [-0.39, 0.29) is 35.0 Å². The smallest absolute Gasteiger partial charge is 0.277 e. The van der Waals surface area contributed by atoms with Crippen LogP contribution in [0.1, 0.15) is 24.2 Å². The van der Waals surface area contributed by atoms with Gasteiger partial charge in [0.15, 0.2) is 5.82 Å². The van der Waals surface area contributed by atoms with Gasteiger partial charge in [0, 0.05) is 6.54 Å². The quantitative estimate of drug-likeness (QED) is 0.290. The third-order valence-corrected chi connectivity index (χ3v) is 4.59. The maximum Gasteiger partial charge on any atom is 0.277 e. The molecule has 0 bridgehead atoms. The van der Waals surface area contributed by atoms with Gasteiger partial charge in [0.05, 0.1) is 47.0 Å². The summed E-state index contributed by atoms with van der Waals surface area (Å²) in [5.41, 5.74) is 3.52. The van der Waals surface area contributed by atoms with E-state index in [0.29, 0.717) is 29.1 Å². The van der Waals surface area contributed by atoms with Gasteiger partial charge in [-0.2, -0.15) is 0 Å². The van der Waals surface area contributed by atoms with Gasteiger partial charge in [-0.15, -0.1) is 0 Å². The molecule has 2 aromatic carbocycles. The second-order valence-corrected chi connectivity index (χ2v) is 7.55. The van der Waals surface area contributed by atoms with E-state index in [1.807, 2.05) is 13.8 Å². The first-order chi connectivity index (χ1) is 14.3. The van der Waals surface area contributed by atoms with Crippen molar-refractivity contribution in [3.8, 4) is 0 Å². The van der Waals surface area contributed by atoms with Crippen LogP contribution in [0.4, 0.5) is 15.8 Å². The Morgan fingerprint density at radius 2 is 2.17 bits per heavy atom. The fraction of sp³-hybridized carbons (Fsp3) is 0.300. The summed E-state index contributed by atoms with van der Waals surface area (Å²) in [5.74, 6) is -1.09. The van der Waals surface area contributed by atoms with E-state index in [0.717, 1.165) is 0 Å². The first-order valence-electron chi connectivity index (χ1n) is 9.34.